The predicted octanol–water partition coefficient (Wildman–Crippen LogP) is 4.64. The number of amides is 1. The Morgan fingerprint density at radius 3 is 2.48 bits per heavy atom. The summed E-state index contributed by atoms with van der Waals surface area (Å²) < 4.78 is 20.2. The molecular formula is C23H20FN3O2. The van der Waals surface area contributed by atoms with E-state index in [2.05, 4.69) is 5.32 Å². The van der Waals surface area contributed by atoms with Crippen LogP contribution in [0.2, 0.25) is 0 Å². The molecule has 29 heavy (non-hydrogen) atoms. The smallest absolute Gasteiger partial charge is 0.228 e. The van der Waals surface area contributed by atoms with E-state index in [0.29, 0.717) is 5.69 Å². The number of anilines is 1. The van der Waals surface area contributed by atoms with Crippen molar-refractivity contribution >= 4 is 17.2 Å². The summed E-state index contributed by atoms with van der Waals surface area (Å²) >= 11 is 0. The molecule has 5 nitrogen and oxygen atoms in total. The summed E-state index contributed by atoms with van der Waals surface area (Å²) in [6, 6.07) is 17.4. The van der Waals surface area contributed by atoms with Crippen molar-refractivity contribution in [1.82, 2.24) is 9.38 Å². The van der Waals surface area contributed by atoms with Gasteiger partial charge in [0, 0.05) is 17.5 Å². The number of ether oxygens (including phenoxy) is 1. The van der Waals surface area contributed by atoms with Crippen molar-refractivity contribution in [3.8, 4) is 17.0 Å². The molecule has 146 valence electrons. The van der Waals surface area contributed by atoms with Gasteiger partial charge in [-0.25, -0.2) is 9.37 Å². The fourth-order valence-corrected chi connectivity index (χ4v) is 3.25. The zero-order valence-electron chi connectivity index (χ0n) is 16.1. The monoisotopic (exact) mass is 389 g/mol. The van der Waals surface area contributed by atoms with Crippen LogP contribution in [0.4, 0.5) is 10.1 Å². The van der Waals surface area contributed by atoms with Crippen LogP contribution in [0.5, 0.6) is 5.75 Å². The van der Waals surface area contributed by atoms with E-state index < -0.39 is 0 Å². The molecule has 0 fully saturated rings. The fraction of sp³-hybridized carbons (Fsp3) is 0.130. The molecule has 0 atom stereocenters. The highest BCUT2D eigenvalue weighted by atomic mass is 19.1. The van der Waals surface area contributed by atoms with Crippen LogP contribution in [0.3, 0.4) is 0 Å². The number of nitrogens with zero attached hydrogens (tertiary/aromatic N) is 2. The van der Waals surface area contributed by atoms with Crippen molar-refractivity contribution in [2.75, 3.05) is 12.4 Å². The van der Waals surface area contributed by atoms with Crippen LogP contribution in [0.15, 0.2) is 66.9 Å². The fourth-order valence-electron chi connectivity index (χ4n) is 3.25. The van der Waals surface area contributed by atoms with Crippen LogP contribution < -0.4 is 10.1 Å². The number of methoxy groups -OCH3 is 1. The summed E-state index contributed by atoms with van der Waals surface area (Å²) in [4.78, 5) is 17.0. The maximum atomic E-state index is 13.0. The number of carbonyl (C=O) groups is 1. The number of nitrogens with one attached hydrogen (secondary N) is 1. The lowest BCUT2D eigenvalue weighted by Gasteiger charge is -2.07. The van der Waals surface area contributed by atoms with Crippen LogP contribution in [0.1, 0.15) is 11.3 Å². The molecule has 0 aliphatic heterocycles. The minimum atomic E-state index is -0.317. The average molecular weight is 389 g/mol. The van der Waals surface area contributed by atoms with Gasteiger partial charge in [0.15, 0.2) is 0 Å². The summed E-state index contributed by atoms with van der Waals surface area (Å²) in [7, 11) is 1.64. The van der Waals surface area contributed by atoms with Crippen LogP contribution >= 0.6 is 0 Å². The Morgan fingerprint density at radius 1 is 1.07 bits per heavy atom. The molecule has 0 bridgehead atoms. The van der Waals surface area contributed by atoms with Gasteiger partial charge in [-0.2, -0.15) is 0 Å². The van der Waals surface area contributed by atoms with E-state index in [1.54, 1.807) is 19.2 Å². The lowest BCUT2D eigenvalue weighted by atomic mass is 10.1. The third-order valence-electron chi connectivity index (χ3n) is 4.78. The molecule has 6 heteroatoms. The van der Waals surface area contributed by atoms with Crippen molar-refractivity contribution in [1.29, 1.82) is 0 Å². The number of hydrogen-bond acceptors (Lipinski definition) is 3. The Morgan fingerprint density at radius 2 is 1.79 bits per heavy atom. The minimum Gasteiger partial charge on any atom is -0.497 e. The molecule has 2 aromatic heterocycles. The topological polar surface area (TPSA) is 55.6 Å². The Kier molecular flexibility index (Phi) is 4.99. The number of pyridine rings is 1. The Hall–Kier alpha value is -3.67. The SMILES string of the molecule is COc1ccc(-c2nc3ccc(NC(=O)Cc4ccc(F)cc4)cn3c2C)cc1. The largest absolute Gasteiger partial charge is 0.497 e. The van der Waals surface area contributed by atoms with Crippen LogP contribution in [0, 0.1) is 12.7 Å². The van der Waals surface area contributed by atoms with Gasteiger partial charge in [-0.15, -0.1) is 0 Å². The molecule has 0 radical (unpaired) electrons. The molecule has 0 aliphatic rings. The number of hydrogen-bond donors (Lipinski definition) is 1. The van der Waals surface area contributed by atoms with Crippen molar-refractivity contribution in [2.45, 2.75) is 13.3 Å². The van der Waals surface area contributed by atoms with Gasteiger partial charge >= 0.3 is 0 Å². The van der Waals surface area contributed by atoms with E-state index in [1.165, 1.54) is 12.1 Å². The second kappa shape index (κ2) is 7.75. The lowest BCUT2D eigenvalue weighted by Crippen LogP contribution is -2.14. The van der Waals surface area contributed by atoms with Crippen LogP contribution in [-0.4, -0.2) is 22.4 Å². The lowest BCUT2D eigenvalue weighted by molar-refractivity contribution is -0.115. The molecule has 0 spiro atoms. The van der Waals surface area contributed by atoms with E-state index in [9.17, 15) is 9.18 Å². The second-order valence-corrected chi connectivity index (χ2v) is 6.77. The molecule has 0 saturated carbocycles. The van der Waals surface area contributed by atoms with Crippen molar-refractivity contribution < 1.29 is 13.9 Å². The standard InChI is InChI=1S/C23H20FN3O2/c1-15-23(17-5-10-20(29-2)11-6-17)26-21-12-9-19(14-27(15)21)25-22(28)13-16-3-7-18(24)8-4-16/h3-12,14H,13H2,1-2H3,(H,25,28). The number of fused-ring (bicyclic) bond motifs is 1. The molecule has 0 aliphatic carbocycles. The van der Waals surface area contributed by atoms with Gasteiger partial charge in [0.2, 0.25) is 5.91 Å². The number of carbonyl (C=O) groups excluding carboxylic acids is 1. The molecule has 4 aromatic rings. The van der Waals surface area contributed by atoms with E-state index in [-0.39, 0.29) is 18.1 Å². The van der Waals surface area contributed by atoms with Crippen molar-refractivity contribution in [3.05, 3.63) is 83.9 Å². The quantitative estimate of drug-likeness (QED) is 0.541. The number of halogens is 1. The van der Waals surface area contributed by atoms with Crippen LogP contribution in [-0.2, 0) is 11.2 Å². The summed E-state index contributed by atoms with van der Waals surface area (Å²) in [6.45, 7) is 1.99. The predicted molar refractivity (Wildman–Crippen MR) is 111 cm³/mol. The van der Waals surface area contributed by atoms with Gasteiger partial charge in [-0.05, 0) is 61.0 Å². The number of rotatable bonds is 5. The molecule has 1 N–H and O–H groups in total. The van der Waals surface area contributed by atoms with E-state index >= 15 is 0 Å². The van der Waals surface area contributed by atoms with E-state index in [1.807, 2.05) is 53.9 Å². The first-order valence-electron chi connectivity index (χ1n) is 9.21. The average Bonchev–Trinajstić information content (AvgIpc) is 3.06. The molecule has 0 saturated heterocycles. The summed E-state index contributed by atoms with van der Waals surface area (Å²) in [5, 5.41) is 2.89. The van der Waals surface area contributed by atoms with Gasteiger partial charge in [0.1, 0.15) is 17.2 Å². The summed E-state index contributed by atoms with van der Waals surface area (Å²) in [5.74, 6) is 0.313. The molecule has 2 aromatic carbocycles. The summed E-state index contributed by atoms with van der Waals surface area (Å²) in [5.41, 5.74) is 5.07. The first kappa shape index (κ1) is 18.7. The van der Waals surface area contributed by atoms with Crippen LogP contribution in [0.25, 0.3) is 16.9 Å². The van der Waals surface area contributed by atoms with Crippen molar-refractivity contribution in [2.24, 2.45) is 0 Å². The zero-order valence-corrected chi connectivity index (χ0v) is 16.1. The maximum absolute atomic E-state index is 13.0. The Labute approximate surface area is 167 Å². The van der Waals surface area contributed by atoms with Gasteiger partial charge < -0.3 is 14.5 Å². The van der Waals surface area contributed by atoms with E-state index in [4.69, 9.17) is 9.72 Å². The number of benzene rings is 2. The van der Waals surface area contributed by atoms with Gasteiger partial charge in [0.25, 0.3) is 0 Å². The number of aryl methyl sites for hydroxylation is 1. The number of imidazole rings is 1. The molecule has 4 rings (SSSR count). The zero-order chi connectivity index (χ0) is 20.4. The van der Waals surface area contributed by atoms with Gasteiger partial charge in [-0.3, -0.25) is 4.79 Å². The van der Waals surface area contributed by atoms with E-state index in [0.717, 1.165) is 33.9 Å². The first-order valence-corrected chi connectivity index (χ1v) is 9.21. The maximum Gasteiger partial charge on any atom is 0.228 e. The third-order valence-corrected chi connectivity index (χ3v) is 4.78. The Balaban J connectivity index is 1.56. The minimum absolute atomic E-state index is 0.163. The normalized spacial score (nSPS) is 10.9. The summed E-state index contributed by atoms with van der Waals surface area (Å²) in [6.07, 6.45) is 2.03. The molecule has 1 amide bonds. The highest BCUT2D eigenvalue weighted by Gasteiger charge is 2.12. The third kappa shape index (κ3) is 3.96. The first-order chi connectivity index (χ1) is 14.0. The molecule has 0 unspecified atom stereocenters. The highest BCUT2D eigenvalue weighted by molar-refractivity contribution is 5.92. The number of aromatic nitrogens is 2. The van der Waals surface area contributed by atoms with Crippen molar-refractivity contribution in [3.63, 3.8) is 0 Å². The van der Waals surface area contributed by atoms with Gasteiger partial charge in [0.05, 0.1) is 24.9 Å². The Bertz CT molecular complexity index is 1170. The molecule has 2 heterocycles. The van der Waals surface area contributed by atoms with Gasteiger partial charge in [-0.1, -0.05) is 12.1 Å². The molecular weight excluding hydrogens is 369 g/mol. The second-order valence-electron chi connectivity index (χ2n) is 6.77. The highest BCUT2D eigenvalue weighted by Crippen LogP contribution is 2.26.